The van der Waals surface area contributed by atoms with Crippen LogP contribution in [0.1, 0.15) is 13.3 Å². The first kappa shape index (κ1) is 16.5. The van der Waals surface area contributed by atoms with Crippen molar-refractivity contribution in [2.75, 3.05) is 35.2 Å². The molecule has 2 bridgehead atoms. The fourth-order valence-corrected chi connectivity index (χ4v) is 5.12. The second kappa shape index (κ2) is 6.40. The van der Waals surface area contributed by atoms with Crippen molar-refractivity contribution < 1.29 is 18.7 Å². The van der Waals surface area contributed by atoms with Crippen LogP contribution in [0, 0.1) is 5.82 Å². The molecule has 1 aromatic rings. The second-order valence-corrected chi connectivity index (χ2v) is 8.02. The van der Waals surface area contributed by atoms with Crippen molar-refractivity contribution in [3.63, 3.8) is 0 Å². The summed E-state index contributed by atoms with van der Waals surface area (Å²) >= 11 is 1.96. The number of fused-ring (bicyclic) bond motifs is 2. The van der Waals surface area contributed by atoms with Crippen LogP contribution in [0.2, 0.25) is 0 Å². The molecule has 0 aliphatic carbocycles. The number of nitrogens with one attached hydrogen (secondary N) is 1. The minimum Gasteiger partial charge on any atom is -0.442 e. The Balaban J connectivity index is 1.47. The van der Waals surface area contributed by atoms with E-state index in [4.69, 9.17) is 4.74 Å². The normalized spacial score (nSPS) is 27.8. The van der Waals surface area contributed by atoms with E-state index in [0.29, 0.717) is 29.2 Å². The van der Waals surface area contributed by atoms with Crippen LogP contribution in [0.25, 0.3) is 0 Å². The number of anilines is 2. The van der Waals surface area contributed by atoms with Gasteiger partial charge in [0.25, 0.3) is 0 Å². The molecule has 3 saturated heterocycles. The third-order valence-electron chi connectivity index (χ3n) is 4.91. The molecular weight excluding hydrogens is 345 g/mol. The molecule has 1 aromatic carbocycles. The number of ether oxygens (including phenoxy) is 1. The number of carbonyl (C=O) groups excluding carboxylic acids is 2. The van der Waals surface area contributed by atoms with Gasteiger partial charge in [-0.15, -0.1) is 0 Å². The summed E-state index contributed by atoms with van der Waals surface area (Å²) in [6, 6.07) is 5.33. The standard InChI is InChI=1S/C17H20FN3O3S/c1-10(22)19-6-13-7-21(17(23)24-13)11-2-3-16(15(18)5-11)20-8-14-4-12(20)9-25-14/h2-3,5,12-14H,4,6-9H2,1H3,(H,19,22)/t12?,13?,14-/m0/s1. The lowest BCUT2D eigenvalue weighted by molar-refractivity contribution is -0.119. The van der Waals surface area contributed by atoms with Gasteiger partial charge in [-0.1, -0.05) is 0 Å². The van der Waals surface area contributed by atoms with Crippen LogP contribution in [0.15, 0.2) is 18.2 Å². The van der Waals surface area contributed by atoms with Crippen LogP contribution in [0.4, 0.5) is 20.6 Å². The average molecular weight is 365 g/mol. The molecule has 0 saturated carbocycles. The quantitative estimate of drug-likeness (QED) is 0.884. The van der Waals surface area contributed by atoms with Gasteiger partial charge in [-0.05, 0) is 24.6 Å². The Morgan fingerprint density at radius 2 is 2.28 bits per heavy atom. The van der Waals surface area contributed by atoms with E-state index < -0.39 is 12.2 Å². The number of thioether (sulfide) groups is 1. The van der Waals surface area contributed by atoms with Gasteiger partial charge in [0.15, 0.2) is 0 Å². The number of hydrogen-bond acceptors (Lipinski definition) is 5. The first-order chi connectivity index (χ1) is 12.0. The lowest BCUT2D eigenvalue weighted by Gasteiger charge is -2.29. The maximum absolute atomic E-state index is 14.7. The lowest BCUT2D eigenvalue weighted by Crippen LogP contribution is -2.34. The average Bonchev–Trinajstić information content (AvgIpc) is 3.28. The molecule has 2 unspecified atom stereocenters. The van der Waals surface area contributed by atoms with Gasteiger partial charge in [-0.2, -0.15) is 11.8 Å². The van der Waals surface area contributed by atoms with Gasteiger partial charge in [0, 0.05) is 30.5 Å². The Morgan fingerprint density at radius 3 is 2.92 bits per heavy atom. The number of rotatable bonds is 4. The highest BCUT2D eigenvalue weighted by atomic mass is 32.2. The lowest BCUT2D eigenvalue weighted by atomic mass is 10.2. The van der Waals surface area contributed by atoms with E-state index in [1.807, 2.05) is 11.8 Å². The van der Waals surface area contributed by atoms with Crippen LogP contribution >= 0.6 is 11.8 Å². The molecule has 8 heteroatoms. The minimum absolute atomic E-state index is 0.178. The van der Waals surface area contributed by atoms with Crippen molar-refractivity contribution in [3.05, 3.63) is 24.0 Å². The van der Waals surface area contributed by atoms with Gasteiger partial charge in [0.1, 0.15) is 11.9 Å². The summed E-state index contributed by atoms with van der Waals surface area (Å²) in [7, 11) is 0. The number of cyclic esters (lactones) is 1. The molecule has 0 radical (unpaired) electrons. The molecule has 0 aromatic heterocycles. The number of amides is 2. The van der Waals surface area contributed by atoms with Gasteiger partial charge < -0.3 is 15.0 Å². The molecule has 134 valence electrons. The molecule has 25 heavy (non-hydrogen) atoms. The number of carbonyl (C=O) groups is 2. The van der Waals surface area contributed by atoms with Gasteiger partial charge in [-0.25, -0.2) is 9.18 Å². The number of hydrogen-bond donors (Lipinski definition) is 1. The molecule has 1 N–H and O–H groups in total. The van der Waals surface area contributed by atoms with Crippen LogP contribution in [-0.4, -0.2) is 54.8 Å². The van der Waals surface area contributed by atoms with Crippen LogP contribution in [0.3, 0.4) is 0 Å². The number of halogens is 1. The second-order valence-electron chi connectivity index (χ2n) is 6.69. The maximum atomic E-state index is 14.7. The summed E-state index contributed by atoms with van der Waals surface area (Å²) in [5.74, 6) is 0.561. The molecule has 6 nitrogen and oxygen atoms in total. The highest BCUT2D eigenvalue weighted by Gasteiger charge is 2.40. The van der Waals surface area contributed by atoms with Crippen LogP contribution in [0.5, 0.6) is 0 Å². The predicted octanol–water partition coefficient (Wildman–Crippen LogP) is 1.98. The fourth-order valence-electron chi connectivity index (χ4n) is 3.69. The molecule has 3 heterocycles. The van der Waals surface area contributed by atoms with E-state index in [1.54, 1.807) is 12.1 Å². The Morgan fingerprint density at radius 1 is 1.44 bits per heavy atom. The molecule has 3 aliphatic rings. The Labute approximate surface area is 149 Å². The zero-order chi connectivity index (χ0) is 17.6. The van der Waals surface area contributed by atoms with Gasteiger partial charge in [0.2, 0.25) is 5.91 Å². The summed E-state index contributed by atoms with van der Waals surface area (Å²) in [4.78, 5) is 26.6. The predicted molar refractivity (Wildman–Crippen MR) is 94.7 cm³/mol. The zero-order valence-electron chi connectivity index (χ0n) is 13.9. The van der Waals surface area contributed by atoms with E-state index in [2.05, 4.69) is 10.2 Å². The third-order valence-corrected chi connectivity index (χ3v) is 6.30. The zero-order valence-corrected chi connectivity index (χ0v) is 14.7. The van der Waals surface area contributed by atoms with E-state index >= 15 is 0 Å². The van der Waals surface area contributed by atoms with Crippen molar-refractivity contribution in [2.24, 2.45) is 0 Å². The Hall–Kier alpha value is -1.96. The molecule has 4 rings (SSSR count). The van der Waals surface area contributed by atoms with Crippen molar-refractivity contribution >= 4 is 35.1 Å². The summed E-state index contributed by atoms with van der Waals surface area (Å²) in [5.41, 5.74) is 1.09. The highest BCUT2D eigenvalue weighted by Crippen LogP contribution is 2.41. The first-order valence-electron chi connectivity index (χ1n) is 8.41. The molecule has 0 spiro atoms. The van der Waals surface area contributed by atoms with E-state index in [1.165, 1.54) is 17.9 Å². The fraction of sp³-hybridized carbons (Fsp3) is 0.529. The molecular formula is C17H20FN3O3S. The Kier molecular flexibility index (Phi) is 4.23. The van der Waals surface area contributed by atoms with E-state index in [9.17, 15) is 14.0 Å². The van der Waals surface area contributed by atoms with Gasteiger partial charge in [-0.3, -0.25) is 9.69 Å². The third kappa shape index (κ3) is 3.15. The van der Waals surface area contributed by atoms with Crippen molar-refractivity contribution in [1.29, 1.82) is 0 Å². The van der Waals surface area contributed by atoms with Crippen molar-refractivity contribution in [2.45, 2.75) is 30.7 Å². The summed E-state index contributed by atoms with van der Waals surface area (Å²) in [5, 5.41) is 3.23. The largest absolute Gasteiger partial charge is 0.442 e. The maximum Gasteiger partial charge on any atom is 0.414 e. The smallest absolute Gasteiger partial charge is 0.414 e. The SMILES string of the molecule is CC(=O)NCC1CN(c2ccc(N3C[C@@H]4CC3CS4)c(F)c2)C(=O)O1. The van der Waals surface area contributed by atoms with Crippen LogP contribution < -0.4 is 15.1 Å². The summed E-state index contributed by atoms with van der Waals surface area (Å²) in [6.07, 6.45) is 0.180. The van der Waals surface area contributed by atoms with Gasteiger partial charge in [0.05, 0.1) is 24.5 Å². The van der Waals surface area contributed by atoms with Crippen molar-refractivity contribution in [1.82, 2.24) is 5.32 Å². The monoisotopic (exact) mass is 365 g/mol. The summed E-state index contributed by atoms with van der Waals surface area (Å²) < 4.78 is 19.9. The van der Waals surface area contributed by atoms with Crippen molar-refractivity contribution in [3.8, 4) is 0 Å². The van der Waals surface area contributed by atoms with E-state index in [-0.39, 0.29) is 18.3 Å². The molecule has 3 aliphatic heterocycles. The number of benzene rings is 1. The topological polar surface area (TPSA) is 61.9 Å². The Bertz CT molecular complexity index is 716. The van der Waals surface area contributed by atoms with E-state index in [0.717, 1.165) is 18.7 Å². The minimum atomic E-state index is -0.515. The molecule has 3 atom stereocenters. The first-order valence-corrected chi connectivity index (χ1v) is 9.46. The molecule has 2 amide bonds. The van der Waals surface area contributed by atoms with Crippen LogP contribution in [-0.2, 0) is 9.53 Å². The highest BCUT2D eigenvalue weighted by molar-refractivity contribution is 8.00. The molecule has 3 fully saturated rings. The van der Waals surface area contributed by atoms with Gasteiger partial charge >= 0.3 is 6.09 Å². The number of nitrogens with zero attached hydrogens (tertiary/aromatic N) is 2. The summed E-state index contributed by atoms with van der Waals surface area (Å²) in [6.45, 7) is 2.85.